The van der Waals surface area contributed by atoms with Crippen molar-refractivity contribution in [2.75, 3.05) is 13.2 Å². The normalized spacial score (nSPS) is 12.5. The Bertz CT molecular complexity index is 1490. The molecule has 0 fully saturated rings. The number of carbonyl (C=O) groups is 3. The fraction of sp³-hybridized carbons (Fsp3) is 0.800. The Morgan fingerprint density at radius 3 is 0.728 bits per heavy atom. The van der Waals surface area contributed by atoms with Crippen LogP contribution in [0.15, 0.2) is 72.9 Å². The van der Waals surface area contributed by atoms with E-state index >= 15 is 0 Å². The van der Waals surface area contributed by atoms with Crippen LogP contribution in [0.2, 0.25) is 0 Å². The predicted octanol–water partition coefficient (Wildman–Crippen LogP) is 24.4. The molecule has 1 atom stereocenters. The molecule has 0 aromatic carbocycles. The Kier molecular flexibility index (Phi) is 66.6. The molecule has 81 heavy (non-hydrogen) atoms. The molecule has 0 aliphatic carbocycles. The number of unbranched alkanes of at least 4 members (excludes halogenated alkanes) is 42. The lowest BCUT2D eigenvalue weighted by atomic mass is 10.1. The van der Waals surface area contributed by atoms with E-state index < -0.39 is 6.10 Å². The van der Waals surface area contributed by atoms with Crippen molar-refractivity contribution in [2.45, 2.75) is 374 Å². The summed E-state index contributed by atoms with van der Waals surface area (Å²) in [6, 6.07) is 0. The van der Waals surface area contributed by atoms with Crippen molar-refractivity contribution >= 4 is 17.9 Å². The molecule has 0 spiro atoms. The lowest BCUT2D eigenvalue weighted by molar-refractivity contribution is -0.167. The molecule has 0 bridgehead atoms. The Balaban J connectivity index is 4.38. The van der Waals surface area contributed by atoms with Gasteiger partial charge in [0.15, 0.2) is 6.10 Å². The van der Waals surface area contributed by atoms with E-state index in [1.807, 2.05) is 0 Å². The number of esters is 3. The second kappa shape index (κ2) is 69.3. The van der Waals surface area contributed by atoms with E-state index in [9.17, 15) is 14.4 Å². The lowest BCUT2D eigenvalue weighted by Crippen LogP contribution is -2.30. The molecule has 0 aromatic heterocycles. The van der Waals surface area contributed by atoms with Crippen LogP contribution >= 0.6 is 0 Å². The second-order valence-electron chi connectivity index (χ2n) is 23.8. The van der Waals surface area contributed by atoms with Crippen molar-refractivity contribution in [1.29, 1.82) is 0 Å². The van der Waals surface area contributed by atoms with Crippen LogP contribution in [0.4, 0.5) is 0 Å². The maximum Gasteiger partial charge on any atom is 0.306 e. The van der Waals surface area contributed by atoms with Gasteiger partial charge in [-0.3, -0.25) is 14.4 Å². The van der Waals surface area contributed by atoms with Gasteiger partial charge in [-0.15, -0.1) is 0 Å². The summed E-state index contributed by atoms with van der Waals surface area (Å²) in [6.07, 6.45) is 90.6. The van der Waals surface area contributed by atoms with Gasteiger partial charge in [-0.05, 0) is 116 Å². The van der Waals surface area contributed by atoms with E-state index in [2.05, 4.69) is 93.7 Å². The Morgan fingerprint density at radius 2 is 0.444 bits per heavy atom. The van der Waals surface area contributed by atoms with Gasteiger partial charge >= 0.3 is 17.9 Å². The minimum Gasteiger partial charge on any atom is -0.462 e. The van der Waals surface area contributed by atoms with Gasteiger partial charge in [0.05, 0.1) is 0 Å². The van der Waals surface area contributed by atoms with Crippen molar-refractivity contribution in [3.63, 3.8) is 0 Å². The highest BCUT2D eigenvalue weighted by molar-refractivity contribution is 5.71. The average molecular weight is 1130 g/mol. The van der Waals surface area contributed by atoms with Gasteiger partial charge in [0.2, 0.25) is 0 Å². The molecule has 0 aliphatic rings. The summed E-state index contributed by atoms with van der Waals surface area (Å²) in [5.74, 6) is -0.871. The van der Waals surface area contributed by atoms with Crippen molar-refractivity contribution < 1.29 is 28.6 Å². The second-order valence-corrected chi connectivity index (χ2v) is 23.8. The Labute approximate surface area is 503 Å². The molecule has 0 rings (SSSR count). The molecule has 0 aliphatic heterocycles. The molecule has 0 heterocycles. The standard InChI is InChI=1S/C75H134O6/c1-4-7-10-13-16-19-22-25-28-31-34-36-37-39-41-44-47-50-53-56-59-62-65-68-74(77)80-71-72(70-79-73(76)67-64-61-58-55-52-49-46-43-40-33-30-27-24-21-18-15-12-9-6-3)81-75(78)69-66-63-60-57-54-51-48-45-42-38-35-32-29-26-23-20-17-14-11-8-5-2/h18,21-22,25,27,30-32,34-35,37,39,72H,4-17,19-20,23-24,26,28-29,33,36,38,40-71H2,1-3H3/b21-18-,25-22-,30-27-,34-31-,35-32-,39-37-. The minimum absolute atomic E-state index is 0.0789. The molecule has 0 radical (unpaired) electrons. The molecular formula is C75H134O6. The quantitative estimate of drug-likeness (QED) is 0.0261. The summed E-state index contributed by atoms with van der Waals surface area (Å²) < 4.78 is 17.0. The number of rotatable bonds is 65. The first-order chi connectivity index (χ1) is 40.0. The highest BCUT2D eigenvalue weighted by Gasteiger charge is 2.19. The third-order valence-corrected chi connectivity index (χ3v) is 15.7. The Hall–Kier alpha value is -3.15. The van der Waals surface area contributed by atoms with Crippen LogP contribution in [0.1, 0.15) is 367 Å². The van der Waals surface area contributed by atoms with Gasteiger partial charge in [0, 0.05) is 19.3 Å². The van der Waals surface area contributed by atoms with Crippen molar-refractivity contribution in [2.24, 2.45) is 0 Å². The van der Waals surface area contributed by atoms with E-state index in [1.165, 1.54) is 244 Å². The van der Waals surface area contributed by atoms with Crippen LogP contribution in [0.3, 0.4) is 0 Å². The summed E-state index contributed by atoms with van der Waals surface area (Å²) in [5.41, 5.74) is 0. The number of hydrogen-bond acceptors (Lipinski definition) is 6. The summed E-state index contributed by atoms with van der Waals surface area (Å²) >= 11 is 0. The van der Waals surface area contributed by atoms with Crippen LogP contribution < -0.4 is 0 Å². The number of ether oxygens (including phenoxy) is 3. The van der Waals surface area contributed by atoms with Gasteiger partial charge in [-0.2, -0.15) is 0 Å². The number of hydrogen-bond donors (Lipinski definition) is 0. The van der Waals surface area contributed by atoms with E-state index in [-0.39, 0.29) is 31.1 Å². The first kappa shape index (κ1) is 77.9. The smallest absolute Gasteiger partial charge is 0.306 e. The van der Waals surface area contributed by atoms with E-state index in [0.717, 1.165) is 83.5 Å². The van der Waals surface area contributed by atoms with Crippen LogP contribution in [0.25, 0.3) is 0 Å². The van der Waals surface area contributed by atoms with Gasteiger partial charge in [0.25, 0.3) is 0 Å². The van der Waals surface area contributed by atoms with Crippen molar-refractivity contribution in [1.82, 2.24) is 0 Å². The molecule has 0 aromatic rings. The number of allylic oxidation sites excluding steroid dienone is 12. The zero-order chi connectivity index (χ0) is 58.5. The molecule has 6 heteroatoms. The summed E-state index contributed by atoms with van der Waals surface area (Å²) in [5, 5.41) is 0. The molecule has 1 unspecified atom stereocenters. The lowest BCUT2D eigenvalue weighted by Gasteiger charge is -2.18. The first-order valence-electron chi connectivity index (χ1n) is 35.4. The van der Waals surface area contributed by atoms with E-state index in [1.54, 1.807) is 0 Å². The fourth-order valence-electron chi connectivity index (χ4n) is 10.3. The van der Waals surface area contributed by atoms with Gasteiger partial charge in [-0.1, -0.05) is 306 Å². The maximum atomic E-state index is 13.0. The molecule has 0 amide bonds. The van der Waals surface area contributed by atoms with Crippen molar-refractivity contribution in [3.8, 4) is 0 Å². The molecule has 470 valence electrons. The molecule has 0 saturated carbocycles. The zero-order valence-electron chi connectivity index (χ0n) is 54.1. The van der Waals surface area contributed by atoms with Crippen LogP contribution in [0, 0.1) is 0 Å². The first-order valence-corrected chi connectivity index (χ1v) is 35.4. The third kappa shape index (κ3) is 67.5. The average Bonchev–Trinajstić information content (AvgIpc) is 3.47. The Morgan fingerprint density at radius 1 is 0.247 bits per heavy atom. The maximum absolute atomic E-state index is 13.0. The monoisotopic (exact) mass is 1130 g/mol. The highest BCUT2D eigenvalue weighted by Crippen LogP contribution is 2.17. The van der Waals surface area contributed by atoms with Crippen LogP contribution in [-0.2, 0) is 28.6 Å². The number of carbonyl (C=O) groups excluding carboxylic acids is 3. The summed E-state index contributed by atoms with van der Waals surface area (Å²) in [4.78, 5) is 38.5. The largest absolute Gasteiger partial charge is 0.462 e. The van der Waals surface area contributed by atoms with Crippen molar-refractivity contribution in [3.05, 3.63) is 72.9 Å². The van der Waals surface area contributed by atoms with Gasteiger partial charge in [0.1, 0.15) is 13.2 Å². The van der Waals surface area contributed by atoms with Crippen LogP contribution in [-0.4, -0.2) is 37.2 Å². The minimum atomic E-state index is -0.784. The SMILES string of the molecule is CCCCC/C=C\C/C=C\CCCCCCCCCCCC(=O)OCC(COC(=O)CCCCCCCCCC/C=C\C/C=C\C/C=C\CCCCCCC)OC(=O)CCCCCCCCCCC/C=C\CCCCCCCCCC. The molecule has 0 saturated heterocycles. The predicted molar refractivity (Wildman–Crippen MR) is 353 cm³/mol. The van der Waals surface area contributed by atoms with Gasteiger partial charge in [-0.25, -0.2) is 0 Å². The fourth-order valence-corrected chi connectivity index (χ4v) is 10.3. The highest BCUT2D eigenvalue weighted by atomic mass is 16.6. The van der Waals surface area contributed by atoms with E-state index in [4.69, 9.17) is 14.2 Å². The zero-order valence-corrected chi connectivity index (χ0v) is 54.1. The molecule has 0 N–H and O–H groups in total. The topological polar surface area (TPSA) is 78.9 Å². The summed E-state index contributed by atoms with van der Waals surface area (Å²) in [7, 11) is 0. The van der Waals surface area contributed by atoms with E-state index in [0.29, 0.717) is 19.3 Å². The van der Waals surface area contributed by atoms with Gasteiger partial charge < -0.3 is 14.2 Å². The third-order valence-electron chi connectivity index (χ3n) is 15.7. The molecule has 6 nitrogen and oxygen atoms in total. The van der Waals surface area contributed by atoms with Crippen LogP contribution in [0.5, 0.6) is 0 Å². The summed E-state index contributed by atoms with van der Waals surface area (Å²) in [6.45, 7) is 6.65. The molecular weight excluding hydrogens is 997 g/mol.